The molecule has 21 heavy (non-hydrogen) atoms. The fourth-order valence-corrected chi connectivity index (χ4v) is 2.46. The van der Waals surface area contributed by atoms with E-state index in [9.17, 15) is 17.6 Å². The second-order valence-electron chi connectivity index (χ2n) is 4.07. The van der Waals surface area contributed by atoms with Gasteiger partial charge in [-0.1, -0.05) is 18.2 Å². The predicted molar refractivity (Wildman–Crippen MR) is 74.8 cm³/mol. The molecule has 7 heteroatoms. The standard InChI is InChI=1S/C14H8BrClF4O/c15-9-6-10(17)8(5-11(9)18)13(16)7-3-1-2-4-12(7)21-14(19)20/h1-6,13-14H. The van der Waals surface area contributed by atoms with Gasteiger partial charge in [0.25, 0.3) is 0 Å². The first-order valence-electron chi connectivity index (χ1n) is 5.72. The van der Waals surface area contributed by atoms with E-state index in [4.69, 9.17) is 11.6 Å². The second kappa shape index (κ2) is 6.66. The number of benzene rings is 2. The molecule has 2 rings (SSSR count). The zero-order valence-corrected chi connectivity index (χ0v) is 12.6. The van der Waals surface area contributed by atoms with Crippen molar-refractivity contribution in [3.8, 4) is 5.75 Å². The molecule has 0 spiro atoms. The third-order valence-electron chi connectivity index (χ3n) is 2.72. The number of rotatable bonds is 4. The molecule has 1 atom stereocenters. The minimum atomic E-state index is -3.04. The molecule has 0 aromatic heterocycles. The zero-order chi connectivity index (χ0) is 15.6. The van der Waals surface area contributed by atoms with E-state index in [0.29, 0.717) is 0 Å². The van der Waals surface area contributed by atoms with Crippen LogP contribution in [-0.2, 0) is 0 Å². The van der Waals surface area contributed by atoms with E-state index in [2.05, 4.69) is 20.7 Å². The van der Waals surface area contributed by atoms with Gasteiger partial charge in [0.05, 0.1) is 9.85 Å². The molecular weight excluding hydrogens is 376 g/mol. The van der Waals surface area contributed by atoms with Crippen LogP contribution in [0.1, 0.15) is 16.5 Å². The quantitative estimate of drug-likeness (QED) is 0.376. The van der Waals surface area contributed by atoms with E-state index in [1.54, 1.807) is 0 Å². The lowest BCUT2D eigenvalue weighted by molar-refractivity contribution is -0.0504. The monoisotopic (exact) mass is 382 g/mol. The number of ether oxygens (including phenoxy) is 1. The Morgan fingerprint density at radius 2 is 1.67 bits per heavy atom. The van der Waals surface area contributed by atoms with Gasteiger partial charge in [0, 0.05) is 11.1 Å². The van der Waals surface area contributed by atoms with E-state index in [-0.39, 0.29) is 21.3 Å². The first-order valence-corrected chi connectivity index (χ1v) is 6.95. The van der Waals surface area contributed by atoms with Crippen LogP contribution < -0.4 is 4.74 Å². The van der Waals surface area contributed by atoms with E-state index in [1.165, 1.54) is 24.3 Å². The smallest absolute Gasteiger partial charge is 0.387 e. The largest absolute Gasteiger partial charge is 0.434 e. The molecular formula is C14H8BrClF4O. The average molecular weight is 384 g/mol. The highest BCUT2D eigenvalue weighted by Gasteiger charge is 2.22. The van der Waals surface area contributed by atoms with Crippen molar-refractivity contribution in [2.45, 2.75) is 12.0 Å². The van der Waals surface area contributed by atoms with Crippen molar-refractivity contribution in [2.24, 2.45) is 0 Å². The Morgan fingerprint density at radius 3 is 2.33 bits per heavy atom. The Balaban J connectivity index is 2.45. The lowest BCUT2D eigenvalue weighted by Gasteiger charge is -2.16. The van der Waals surface area contributed by atoms with Crippen molar-refractivity contribution in [2.75, 3.05) is 0 Å². The molecule has 0 heterocycles. The summed E-state index contributed by atoms with van der Waals surface area (Å²) < 4.78 is 56.4. The molecule has 112 valence electrons. The van der Waals surface area contributed by atoms with Crippen LogP contribution in [0.15, 0.2) is 40.9 Å². The van der Waals surface area contributed by atoms with Gasteiger partial charge >= 0.3 is 6.61 Å². The van der Waals surface area contributed by atoms with Crippen molar-refractivity contribution >= 4 is 27.5 Å². The maximum Gasteiger partial charge on any atom is 0.387 e. The van der Waals surface area contributed by atoms with E-state index in [0.717, 1.165) is 12.1 Å². The normalized spacial score (nSPS) is 12.5. The summed E-state index contributed by atoms with van der Waals surface area (Å²) in [5.41, 5.74) is -0.0391. The minimum absolute atomic E-state index is 0.0512. The molecule has 2 aromatic rings. The molecule has 1 unspecified atom stereocenters. The summed E-state index contributed by atoms with van der Waals surface area (Å²) in [6, 6.07) is 7.55. The van der Waals surface area contributed by atoms with Crippen LogP contribution in [0.5, 0.6) is 5.75 Å². The Labute approximate surface area is 131 Å². The molecule has 0 aliphatic carbocycles. The Kier molecular flexibility index (Phi) is 5.11. The van der Waals surface area contributed by atoms with Gasteiger partial charge in [-0.2, -0.15) is 8.78 Å². The second-order valence-corrected chi connectivity index (χ2v) is 5.36. The maximum atomic E-state index is 13.9. The number of alkyl halides is 3. The summed E-state index contributed by atoms with van der Waals surface area (Å²) in [7, 11) is 0. The molecule has 0 bridgehead atoms. The van der Waals surface area contributed by atoms with Gasteiger partial charge in [-0.25, -0.2) is 8.78 Å². The van der Waals surface area contributed by atoms with Gasteiger partial charge in [-0.15, -0.1) is 11.6 Å². The fraction of sp³-hybridized carbons (Fsp3) is 0.143. The number of halogens is 6. The van der Waals surface area contributed by atoms with Gasteiger partial charge in [0.1, 0.15) is 17.4 Å². The van der Waals surface area contributed by atoms with Gasteiger partial charge in [0.15, 0.2) is 0 Å². The van der Waals surface area contributed by atoms with Crippen molar-refractivity contribution in [1.29, 1.82) is 0 Å². The van der Waals surface area contributed by atoms with Gasteiger partial charge < -0.3 is 4.74 Å². The fourth-order valence-electron chi connectivity index (χ4n) is 1.79. The average Bonchev–Trinajstić information content (AvgIpc) is 2.42. The summed E-state index contributed by atoms with van der Waals surface area (Å²) in [6.07, 6.45) is 0. The lowest BCUT2D eigenvalue weighted by atomic mass is 10.0. The lowest BCUT2D eigenvalue weighted by Crippen LogP contribution is -2.07. The van der Waals surface area contributed by atoms with Crippen LogP contribution in [0, 0.1) is 11.6 Å². The van der Waals surface area contributed by atoms with Crippen molar-refractivity contribution in [3.63, 3.8) is 0 Å². The summed E-state index contributed by atoms with van der Waals surface area (Å²) in [5, 5.41) is -1.16. The van der Waals surface area contributed by atoms with Crippen molar-refractivity contribution < 1.29 is 22.3 Å². The minimum Gasteiger partial charge on any atom is -0.434 e. The van der Waals surface area contributed by atoms with E-state index >= 15 is 0 Å². The molecule has 0 radical (unpaired) electrons. The molecule has 0 saturated heterocycles. The summed E-state index contributed by atoms with van der Waals surface area (Å²) in [6.45, 7) is -3.04. The predicted octanol–water partition coefficient (Wildman–Crippen LogP) is 5.66. The molecule has 0 aliphatic rings. The van der Waals surface area contributed by atoms with Gasteiger partial charge in [0.2, 0.25) is 0 Å². The highest BCUT2D eigenvalue weighted by atomic mass is 79.9. The molecule has 0 amide bonds. The summed E-state index contributed by atoms with van der Waals surface area (Å²) >= 11 is 8.95. The van der Waals surface area contributed by atoms with Crippen LogP contribution in [0.4, 0.5) is 17.6 Å². The summed E-state index contributed by atoms with van der Waals surface area (Å²) in [5.74, 6) is -1.64. The maximum absolute atomic E-state index is 13.9. The molecule has 0 aliphatic heterocycles. The summed E-state index contributed by atoms with van der Waals surface area (Å²) in [4.78, 5) is 0. The third-order valence-corrected chi connectivity index (χ3v) is 3.80. The van der Waals surface area contributed by atoms with E-state index < -0.39 is 23.6 Å². The van der Waals surface area contributed by atoms with Crippen LogP contribution in [0.3, 0.4) is 0 Å². The number of para-hydroxylation sites is 1. The number of hydrogen-bond donors (Lipinski definition) is 0. The molecule has 0 fully saturated rings. The highest BCUT2D eigenvalue weighted by molar-refractivity contribution is 9.10. The van der Waals surface area contributed by atoms with Gasteiger partial charge in [-0.3, -0.25) is 0 Å². The van der Waals surface area contributed by atoms with Crippen LogP contribution in [-0.4, -0.2) is 6.61 Å². The molecule has 0 N–H and O–H groups in total. The van der Waals surface area contributed by atoms with E-state index in [1.807, 2.05) is 0 Å². The SMILES string of the molecule is Fc1cc(C(Cl)c2ccccc2OC(F)F)c(F)cc1Br. The molecule has 2 aromatic carbocycles. The Bertz CT molecular complexity index is 651. The van der Waals surface area contributed by atoms with Crippen LogP contribution >= 0.6 is 27.5 Å². The van der Waals surface area contributed by atoms with Gasteiger partial charge in [-0.05, 0) is 34.1 Å². The van der Waals surface area contributed by atoms with Crippen LogP contribution in [0.25, 0.3) is 0 Å². The number of hydrogen-bond acceptors (Lipinski definition) is 1. The third kappa shape index (κ3) is 3.68. The molecule has 1 nitrogen and oxygen atoms in total. The Hall–Kier alpha value is -1.27. The topological polar surface area (TPSA) is 9.23 Å². The Morgan fingerprint density at radius 1 is 1.00 bits per heavy atom. The van der Waals surface area contributed by atoms with Crippen molar-refractivity contribution in [1.82, 2.24) is 0 Å². The molecule has 0 saturated carbocycles. The van der Waals surface area contributed by atoms with Crippen LogP contribution in [0.2, 0.25) is 0 Å². The zero-order valence-electron chi connectivity index (χ0n) is 10.3. The first-order chi connectivity index (χ1) is 9.90. The van der Waals surface area contributed by atoms with Crippen molar-refractivity contribution in [3.05, 3.63) is 63.6 Å². The first kappa shape index (κ1) is 16.1. The highest BCUT2D eigenvalue weighted by Crippen LogP contribution is 2.37.